The summed E-state index contributed by atoms with van der Waals surface area (Å²) in [7, 11) is -3.80. The molecule has 1 unspecified atom stereocenters. The first-order valence-electron chi connectivity index (χ1n) is 7.35. The van der Waals surface area contributed by atoms with E-state index < -0.39 is 10.0 Å². The molecule has 2 rings (SSSR count). The van der Waals surface area contributed by atoms with Crippen molar-refractivity contribution in [1.29, 1.82) is 0 Å². The highest BCUT2D eigenvalue weighted by Gasteiger charge is 2.29. The first-order valence-corrected chi connectivity index (χ1v) is 8.89. The molecule has 1 atom stereocenters. The molecule has 1 aliphatic rings. The Labute approximate surface area is 126 Å². The maximum absolute atomic E-state index is 12.8. The number of hydrogen-bond donors (Lipinski definition) is 1. The van der Waals surface area contributed by atoms with E-state index in [0.29, 0.717) is 12.0 Å². The number of rotatable bonds is 4. The van der Waals surface area contributed by atoms with Gasteiger partial charge in [-0.15, -0.1) is 0 Å². The van der Waals surface area contributed by atoms with Crippen molar-refractivity contribution in [3.8, 4) is 0 Å². The fraction of sp³-hybridized carbons (Fsp3) is 0.533. The topological polar surface area (TPSA) is 80.5 Å². The number of carbonyl (C=O) groups is 1. The predicted octanol–water partition coefficient (Wildman–Crippen LogP) is 1.91. The lowest BCUT2D eigenvalue weighted by atomic mass is 10.0. The van der Waals surface area contributed by atoms with Crippen molar-refractivity contribution < 1.29 is 13.2 Å². The van der Waals surface area contributed by atoms with E-state index in [1.807, 2.05) is 11.8 Å². The monoisotopic (exact) mass is 310 g/mol. The van der Waals surface area contributed by atoms with Crippen LogP contribution in [0.3, 0.4) is 0 Å². The predicted molar refractivity (Wildman–Crippen MR) is 81.5 cm³/mol. The van der Waals surface area contributed by atoms with Crippen molar-refractivity contribution in [3.05, 3.63) is 29.3 Å². The highest BCUT2D eigenvalue weighted by molar-refractivity contribution is 7.89. The first-order chi connectivity index (χ1) is 9.88. The van der Waals surface area contributed by atoms with Crippen LogP contribution in [0.1, 0.15) is 49.0 Å². The third-order valence-electron chi connectivity index (χ3n) is 4.13. The molecule has 0 bridgehead atoms. The van der Waals surface area contributed by atoms with Gasteiger partial charge in [0.1, 0.15) is 0 Å². The van der Waals surface area contributed by atoms with E-state index in [1.165, 1.54) is 12.1 Å². The van der Waals surface area contributed by atoms with Crippen LogP contribution in [0.25, 0.3) is 0 Å². The quantitative estimate of drug-likeness (QED) is 0.922. The average Bonchev–Trinajstić information content (AvgIpc) is 2.93. The third kappa shape index (κ3) is 3.27. The van der Waals surface area contributed by atoms with Crippen molar-refractivity contribution in [2.24, 2.45) is 5.14 Å². The Morgan fingerprint density at radius 3 is 2.67 bits per heavy atom. The Hall–Kier alpha value is -1.40. The summed E-state index contributed by atoms with van der Waals surface area (Å²) in [5.41, 5.74) is 1.32. The van der Waals surface area contributed by atoms with Gasteiger partial charge in [-0.2, -0.15) is 0 Å². The maximum Gasteiger partial charge on any atom is 0.254 e. The Morgan fingerprint density at radius 1 is 1.38 bits per heavy atom. The molecule has 2 N–H and O–H groups in total. The van der Waals surface area contributed by atoms with Crippen LogP contribution in [0.2, 0.25) is 0 Å². The van der Waals surface area contributed by atoms with Crippen LogP contribution in [-0.2, 0) is 16.4 Å². The third-order valence-corrected chi connectivity index (χ3v) is 5.04. The lowest BCUT2D eigenvalue weighted by Crippen LogP contribution is -2.35. The number of hydrogen-bond acceptors (Lipinski definition) is 3. The smallest absolute Gasteiger partial charge is 0.254 e. The lowest BCUT2D eigenvalue weighted by Gasteiger charge is -2.25. The molecule has 0 aromatic heterocycles. The zero-order chi connectivity index (χ0) is 15.6. The van der Waals surface area contributed by atoms with Gasteiger partial charge in [-0.1, -0.05) is 19.9 Å². The number of sulfonamides is 1. The molecule has 1 heterocycles. The SMILES string of the molecule is CCc1ccc(S(N)(=O)=O)cc1C(=O)N1CCCC1CC. The van der Waals surface area contributed by atoms with Crippen LogP contribution in [-0.4, -0.2) is 31.8 Å². The molecule has 1 fully saturated rings. The molecule has 116 valence electrons. The number of amides is 1. The molecule has 5 nitrogen and oxygen atoms in total. The standard InChI is InChI=1S/C15H22N2O3S/c1-3-11-7-8-13(21(16,19)20)10-14(11)15(18)17-9-5-6-12(17)4-2/h7-8,10,12H,3-6,9H2,1-2H3,(H2,16,19,20). The minimum Gasteiger partial charge on any atom is -0.336 e. The fourth-order valence-electron chi connectivity index (χ4n) is 2.92. The number of benzene rings is 1. The summed E-state index contributed by atoms with van der Waals surface area (Å²) in [5.74, 6) is -0.0818. The molecule has 1 aromatic carbocycles. The summed E-state index contributed by atoms with van der Waals surface area (Å²) in [5, 5.41) is 5.17. The summed E-state index contributed by atoms with van der Waals surface area (Å²) in [4.78, 5) is 14.6. The zero-order valence-corrected chi connectivity index (χ0v) is 13.3. The molecule has 21 heavy (non-hydrogen) atoms. The maximum atomic E-state index is 12.8. The second-order valence-electron chi connectivity index (χ2n) is 5.42. The van der Waals surface area contributed by atoms with Crippen molar-refractivity contribution in [2.45, 2.75) is 50.5 Å². The molecule has 1 saturated heterocycles. The largest absolute Gasteiger partial charge is 0.336 e. The van der Waals surface area contributed by atoms with Crippen molar-refractivity contribution in [1.82, 2.24) is 4.90 Å². The van der Waals surface area contributed by atoms with Gasteiger partial charge in [0.2, 0.25) is 10.0 Å². The van der Waals surface area contributed by atoms with Gasteiger partial charge in [0.15, 0.2) is 0 Å². The number of nitrogens with zero attached hydrogens (tertiary/aromatic N) is 1. The Balaban J connectivity index is 2.43. The van der Waals surface area contributed by atoms with E-state index in [9.17, 15) is 13.2 Å². The summed E-state index contributed by atoms with van der Waals surface area (Å²) in [6.45, 7) is 4.75. The molecular weight excluding hydrogens is 288 g/mol. The Kier molecular flexibility index (Phi) is 4.68. The number of likely N-dealkylation sites (tertiary alicyclic amines) is 1. The number of nitrogens with two attached hydrogens (primary N) is 1. The highest BCUT2D eigenvalue weighted by atomic mass is 32.2. The van der Waals surface area contributed by atoms with Crippen LogP contribution in [0.4, 0.5) is 0 Å². The van der Waals surface area contributed by atoms with Gasteiger partial charge in [0, 0.05) is 18.2 Å². The number of aryl methyl sites for hydroxylation is 1. The summed E-state index contributed by atoms with van der Waals surface area (Å²) < 4.78 is 23.0. The Bertz CT molecular complexity index is 640. The van der Waals surface area contributed by atoms with Gasteiger partial charge in [-0.05, 0) is 43.4 Å². The van der Waals surface area contributed by atoms with E-state index in [4.69, 9.17) is 5.14 Å². The van der Waals surface area contributed by atoms with Crippen LogP contribution >= 0.6 is 0 Å². The van der Waals surface area contributed by atoms with E-state index in [-0.39, 0.29) is 16.8 Å². The van der Waals surface area contributed by atoms with Crippen LogP contribution < -0.4 is 5.14 Å². The highest BCUT2D eigenvalue weighted by Crippen LogP contribution is 2.25. The first kappa shape index (κ1) is 16.0. The summed E-state index contributed by atoms with van der Waals surface area (Å²) >= 11 is 0. The molecule has 6 heteroatoms. The van der Waals surface area contributed by atoms with Gasteiger partial charge < -0.3 is 4.90 Å². The minimum absolute atomic E-state index is 0.00436. The van der Waals surface area contributed by atoms with Crippen LogP contribution in [0.5, 0.6) is 0 Å². The molecular formula is C15H22N2O3S. The van der Waals surface area contributed by atoms with Crippen molar-refractivity contribution in [3.63, 3.8) is 0 Å². The normalized spacial score (nSPS) is 19.0. The van der Waals surface area contributed by atoms with Crippen LogP contribution in [0.15, 0.2) is 23.1 Å². The number of carbonyl (C=O) groups excluding carboxylic acids is 1. The molecule has 1 aliphatic heterocycles. The molecule has 0 saturated carbocycles. The van der Waals surface area contributed by atoms with E-state index in [1.54, 1.807) is 6.07 Å². The lowest BCUT2D eigenvalue weighted by molar-refractivity contribution is 0.0732. The molecule has 0 radical (unpaired) electrons. The summed E-state index contributed by atoms with van der Waals surface area (Å²) in [6.07, 6.45) is 3.61. The van der Waals surface area contributed by atoms with E-state index in [0.717, 1.165) is 31.4 Å². The van der Waals surface area contributed by atoms with Gasteiger partial charge in [-0.25, -0.2) is 13.6 Å². The Morgan fingerprint density at radius 2 is 2.10 bits per heavy atom. The van der Waals surface area contributed by atoms with Crippen molar-refractivity contribution >= 4 is 15.9 Å². The molecule has 1 aromatic rings. The van der Waals surface area contributed by atoms with Crippen LogP contribution in [0, 0.1) is 0 Å². The average molecular weight is 310 g/mol. The molecule has 0 aliphatic carbocycles. The minimum atomic E-state index is -3.80. The van der Waals surface area contributed by atoms with Gasteiger partial charge >= 0.3 is 0 Å². The molecule has 0 spiro atoms. The van der Waals surface area contributed by atoms with Gasteiger partial charge in [-0.3, -0.25) is 4.79 Å². The van der Waals surface area contributed by atoms with Crippen molar-refractivity contribution in [2.75, 3.05) is 6.54 Å². The second-order valence-corrected chi connectivity index (χ2v) is 6.98. The zero-order valence-electron chi connectivity index (χ0n) is 12.5. The summed E-state index contributed by atoms with van der Waals surface area (Å²) in [6, 6.07) is 4.82. The van der Waals surface area contributed by atoms with E-state index in [2.05, 4.69) is 6.92 Å². The fourth-order valence-corrected chi connectivity index (χ4v) is 3.46. The second kappa shape index (κ2) is 6.15. The van der Waals surface area contributed by atoms with Gasteiger partial charge in [0.05, 0.1) is 4.90 Å². The van der Waals surface area contributed by atoms with Gasteiger partial charge in [0.25, 0.3) is 5.91 Å². The molecule has 1 amide bonds. The van der Waals surface area contributed by atoms with E-state index >= 15 is 0 Å². The number of primary sulfonamides is 1.